The van der Waals surface area contributed by atoms with Gasteiger partial charge < -0.3 is 24.1 Å². The second-order valence-electron chi connectivity index (χ2n) is 11.9. The Balaban J connectivity index is 2.94. The van der Waals surface area contributed by atoms with Gasteiger partial charge in [0.15, 0.2) is 0 Å². The Labute approximate surface area is 215 Å². The molecule has 0 radical (unpaired) electrons. The third kappa shape index (κ3) is 9.92. The van der Waals surface area contributed by atoms with Crippen molar-refractivity contribution in [3.05, 3.63) is 0 Å². The SMILES string of the molecule is CC(C)(C)OC(=O)NC(CCCI)(CCCCB1OC(C)(C)C(C)(C)O1)C(=O)OC(C)(C)C. The topological polar surface area (TPSA) is 83.1 Å². The predicted octanol–water partition coefficient (Wildman–Crippen LogP) is 6.07. The van der Waals surface area contributed by atoms with Crippen molar-refractivity contribution < 1.29 is 28.4 Å². The van der Waals surface area contributed by atoms with E-state index in [1.807, 2.05) is 48.5 Å². The minimum Gasteiger partial charge on any atom is -0.458 e. The fourth-order valence-corrected chi connectivity index (χ4v) is 3.95. The second kappa shape index (κ2) is 11.5. The molecule has 1 atom stereocenters. The van der Waals surface area contributed by atoms with E-state index in [2.05, 4.69) is 27.9 Å². The minimum absolute atomic E-state index is 0.279. The molecule has 1 unspecified atom stereocenters. The first kappa shape index (κ1) is 30.5. The Morgan fingerprint density at radius 1 is 0.848 bits per heavy atom. The van der Waals surface area contributed by atoms with Crippen LogP contribution >= 0.6 is 22.6 Å². The number of alkyl carbamates (subject to hydrolysis) is 1. The summed E-state index contributed by atoms with van der Waals surface area (Å²) < 4.78 is 24.3. The maximum atomic E-state index is 13.4. The summed E-state index contributed by atoms with van der Waals surface area (Å²) in [4.78, 5) is 26.1. The molecule has 0 aliphatic carbocycles. The van der Waals surface area contributed by atoms with Crippen LogP contribution in [0.25, 0.3) is 0 Å². The largest absolute Gasteiger partial charge is 0.458 e. The third-order valence-corrected chi connectivity index (χ3v) is 6.63. The van der Waals surface area contributed by atoms with E-state index in [1.54, 1.807) is 20.8 Å². The highest BCUT2D eigenvalue weighted by Gasteiger charge is 2.50. The number of hydrogen-bond donors (Lipinski definition) is 1. The van der Waals surface area contributed by atoms with Crippen molar-refractivity contribution in [3.63, 3.8) is 0 Å². The molecule has 1 heterocycles. The van der Waals surface area contributed by atoms with Gasteiger partial charge in [-0.1, -0.05) is 35.4 Å². The standard InChI is InChI=1S/C24H45BINO6/c1-20(2,3)30-18(28)24(15-13-17-26,27-19(29)31-21(4,5)6)14-11-12-16-25-32-22(7,8)23(9,10)33-25/h11-17H2,1-10H3,(H,27,29). The first-order valence-corrected chi connectivity index (χ1v) is 13.5. The number of ether oxygens (including phenoxy) is 2. The molecule has 0 saturated carbocycles. The van der Waals surface area contributed by atoms with Gasteiger partial charge in [-0.25, -0.2) is 9.59 Å². The van der Waals surface area contributed by atoms with Gasteiger partial charge in [-0.15, -0.1) is 0 Å². The van der Waals surface area contributed by atoms with Gasteiger partial charge in [-0.2, -0.15) is 0 Å². The lowest BCUT2D eigenvalue weighted by Gasteiger charge is -2.36. The molecule has 7 nitrogen and oxygen atoms in total. The summed E-state index contributed by atoms with van der Waals surface area (Å²) >= 11 is 2.28. The van der Waals surface area contributed by atoms with Crippen LogP contribution in [-0.4, -0.2) is 51.6 Å². The van der Waals surface area contributed by atoms with Gasteiger partial charge in [0, 0.05) is 0 Å². The zero-order valence-electron chi connectivity index (χ0n) is 22.4. The van der Waals surface area contributed by atoms with E-state index >= 15 is 0 Å². The second-order valence-corrected chi connectivity index (χ2v) is 13.0. The smallest absolute Gasteiger partial charge is 0.457 e. The van der Waals surface area contributed by atoms with E-state index in [0.717, 1.165) is 23.6 Å². The first-order chi connectivity index (χ1) is 14.8. The van der Waals surface area contributed by atoms with Crippen molar-refractivity contribution in [2.75, 3.05) is 4.43 Å². The zero-order chi connectivity index (χ0) is 25.7. The van der Waals surface area contributed by atoms with Crippen molar-refractivity contribution >= 4 is 41.8 Å². The van der Waals surface area contributed by atoms with Crippen LogP contribution in [0.5, 0.6) is 0 Å². The Morgan fingerprint density at radius 2 is 1.33 bits per heavy atom. The van der Waals surface area contributed by atoms with E-state index < -0.39 is 28.8 Å². The average molecular weight is 581 g/mol. The molecule has 1 amide bonds. The molecule has 1 fully saturated rings. The minimum atomic E-state index is -1.14. The summed E-state index contributed by atoms with van der Waals surface area (Å²) in [5.74, 6) is -0.415. The number of alkyl halides is 1. The van der Waals surface area contributed by atoms with Crippen molar-refractivity contribution in [1.29, 1.82) is 0 Å². The Morgan fingerprint density at radius 3 is 1.79 bits per heavy atom. The highest BCUT2D eigenvalue weighted by molar-refractivity contribution is 14.1. The van der Waals surface area contributed by atoms with E-state index in [4.69, 9.17) is 18.8 Å². The maximum Gasteiger partial charge on any atom is 0.457 e. The lowest BCUT2D eigenvalue weighted by atomic mass is 9.80. The molecule has 0 bridgehead atoms. The fourth-order valence-electron chi connectivity index (χ4n) is 3.57. The molecular formula is C24H45BINO6. The predicted molar refractivity (Wildman–Crippen MR) is 141 cm³/mol. The third-order valence-electron chi connectivity index (χ3n) is 5.86. The molecule has 192 valence electrons. The van der Waals surface area contributed by atoms with Gasteiger partial charge in [0.1, 0.15) is 16.7 Å². The molecule has 1 aliphatic heterocycles. The summed E-state index contributed by atoms with van der Waals surface area (Å²) in [6.45, 7) is 19.1. The zero-order valence-corrected chi connectivity index (χ0v) is 24.5. The van der Waals surface area contributed by atoms with Crippen LogP contribution in [0.4, 0.5) is 4.79 Å². The van der Waals surface area contributed by atoms with Crippen LogP contribution in [0.3, 0.4) is 0 Å². The maximum absolute atomic E-state index is 13.4. The highest BCUT2D eigenvalue weighted by Crippen LogP contribution is 2.38. The van der Waals surface area contributed by atoms with E-state index in [9.17, 15) is 9.59 Å². The summed E-state index contributed by atoms with van der Waals surface area (Å²) in [7, 11) is -0.279. The van der Waals surface area contributed by atoms with Crippen LogP contribution in [0.2, 0.25) is 6.32 Å². The number of amides is 1. The molecule has 1 rings (SSSR count). The molecule has 1 aliphatic rings. The van der Waals surface area contributed by atoms with Gasteiger partial charge in [-0.05, 0) is 99.2 Å². The fraction of sp³-hybridized carbons (Fsp3) is 0.917. The molecule has 9 heteroatoms. The van der Waals surface area contributed by atoms with E-state index in [0.29, 0.717) is 19.3 Å². The number of rotatable bonds is 10. The molecule has 0 aromatic heterocycles. The summed E-state index contributed by atoms with van der Waals surface area (Å²) in [6.07, 6.45) is 3.33. The number of nitrogens with one attached hydrogen (secondary N) is 1. The number of esters is 1. The molecular weight excluding hydrogens is 536 g/mol. The first-order valence-electron chi connectivity index (χ1n) is 12.0. The van der Waals surface area contributed by atoms with Crippen molar-refractivity contribution in [2.24, 2.45) is 0 Å². The summed E-state index contributed by atoms with van der Waals surface area (Å²) in [5, 5.41) is 2.90. The van der Waals surface area contributed by atoms with Crippen LogP contribution in [-0.2, 0) is 23.6 Å². The molecule has 1 N–H and O–H groups in total. The lowest BCUT2D eigenvalue weighted by molar-refractivity contribution is -0.164. The van der Waals surface area contributed by atoms with Crippen LogP contribution in [0.1, 0.15) is 101 Å². The summed E-state index contributed by atoms with van der Waals surface area (Å²) in [5.41, 5.74) is -3.20. The average Bonchev–Trinajstić information content (AvgIpc) is 2.79. The molecule has 0 spiro atoms. The van der Waals surface area contributed by atoms with E-state index in [-0.39, 0.29) is 18.3 Å². The molecule has 33 heavy (non-hydrogen) atoms. The number of unbranched alkanes of at least 4 members (excludes halogenated alkanes) is 1. The van der Waals surface area contributed by atoms with Crippen LogP contribution < -0.4 is 5.32 Å². The van der Waals surface area contributed by atoms with Crippen molar-refractivity contribution in [2.45, 2.75) is 136 Å². The lowest BCUT2D eigenvalue weighted by Crippen LogP contribution is -2.57. The van der Waals surface area contributed by atoms with E-state index in [1.165, 1.54) is 0 Å². The van der Waals surface area contributed by atoms with Gasteiger partial charge in [-0.3, -0.25) is 0 Å². The van der Waals surface area contributed by atoms with Crippen LogP contribution in [0.15, 0.2) is 0 Å². The highest BCUT2D eigenvalue weighted by atomic mass is 127. The summed E-state index contributed by atoms with van der Waals surface area (Å²) in [6, 6.07) is 0. The quantitative estimate of drug-likeness (QED) is 0.111. The van der Waals surface area contributed by atoms with Crippen molar-refractivity contribution in [1.82, 2.24) is 5.32 Å². The van der Waals surface area contributed by atoms with Gasteiger partial charge in [0.2, 0.25) is 0 Å². The molecule has 0 aromatic carbocycles. The Hall–Kier alpha value is -0.545. The van der Waals surface area contributed by atoms with Crippen molar-refractivity contribution in [3.8, 4) is 0 Å². The van der Waals surface area contributed by atoms with Crippen LogP contribution in [0, 0.1) is 0 Å². The Bertz CT molecular complexity index is 655. The number of carbonyl (C=O) groups excluding carboxylic acids is 2. The number of hydrogen-bond acceptors (Lipinski definition) is 6. The van der Waals surface area contributed by atoms with Gasteiger partial charge >= 0.3 is 19.2 Å². The van der Waals surface area contributed by atoms with Gasteiger partial charge in [0.25, 0.3) is 0 Å². The molecule has 0 aromatic rings. The normalized spacial score (nSPS) is 19.7. The monoisotopic (exact) mass is 581 g/mol. The molecule has 1 saturated heterocycles. The Kier molecular flexibility index (Phi) is 10.6. The number of carbonyl (C=O) groups is 2. The number of halogens is 1. The van der Waals surface area contributed by atoms with Gasteiger partial charge in [0.05, 0.1) is 11.2 Å².